The first-order valence-electron chi connectivity index (χ1n) is 10.4. The van der Waals surface area contributed by atoms with Crippen molar-refractivity contribution in [3.05, 3.63) is 28.4 Å². The Balaban J connectivity index is 1.72. The van der Waals surface area contributed by atoms with Gasteiger partial charge in [0.25, 0.3) is 11.8 Å². The summed E-state index contributed by atoms with van der Waals surface area (Å²) in [5.41, 5.74) is -0.0999. The van der Waals surface area contributed by atoms with Crippen molar-refractivity contribution >= 4 is 57.7 Å². The zero-order valence-electron chi connectivity index (χ0n) is 19.1. The number of aliphatic carboxylic acids is 1. The first kappa shape index (κ1) is 25.7. The predicted octanol–water partition coefficient (Wildman–Crippen LogP) is 2.01. The minimum atomic E-state index is -1.30. The van der Waals surface area contributed by atoms with E-state index >= 15 is 0 Å². The van der Waals surface area contributed by atoms with Crippen molar-refractivity contribution in [3.8, 4) is 0 Å². The van der Waals surface area contributed by atoms with Crippen molar-refractivity contribution in [3.63, 3.8) is 0 Å². The molecule has 0 aromatic carbocycles. The molecule has 3 heterocycles. The lowest BCUT2D eigenvalue weighted by atomic mass is 10.0. The van der Waals surface area contributed by atoms with Crippen LogP contribution in [0.4, 0.5) is 9.93 Å². The van der Waals surface area contributed by atoms with Crippen LogP contribution < -0.4 is 10.6 Å². The third kappa shape index (κ3) is 5.42. The van der Waals surface area contributed by atoms with Crippen molar-refractivity contribution in [2.24, 2.45) is 0 Å². The van der Waals surface area contributed by atoms with Crippen molar-refractivity contribution in [1.82, 2.24) is 15.2 Å². The van der Waals surface area contributed by atoms with Crippen molar-refractivity contribution in [2.45, 2.75) is 51.1 Å². The number of nitrogens with one attached hydrogen (secondary N) is 2. The number of carboxylic acid groups (broad SMARTS) is 1. The van der Waals surface area contributed by atoms with Crippen LogP contribution in [0.3, 0.4) is 0 Å². The number of β-lactam (4-membered cyclic amide) rings is 1. The second-order valence-electron chi connectivity index (χ2n) is 8.47. The van der Waals surface area contributed by atoms with Crippen molar-refractivity contribution < 1.29 is 34.1 Å². The van der Waals surface area contributed by atoms with E-state index in [4.69, 9.17) is 4.74 Å². The smallest absolute Gasteiger partial charge is 0.413 e. The average Bonchev–Trinajstić information content (AvgIpc) is 3.20. The van der Waals surface area contributed by atoms with Crippen LogP contribution in [-0.4, -0.2) is 73.4 Å². The Morgan fingerprint density at radius 2 is 2.06 bits per heavy atom. The summed E-state index contributed by atoms with van der Waals surface area (Å²) in [5, 5.41) is 25.4. The monoisotopic (exact) mass is 510 g/mol. The van der Waals surface area contributed by atoms with E-state index in [9.17, 15) is 29.4 Å². The molecule has 0 spiro atoms. The molecule has 184 valence electrons. The summed E-state index contributed by atoms with van der Waals surface area (Å²) in [6.45, 7) is 6.58. The summed E-state index contributed by atoms with van der Waals surface area (Å²) in [7, 11) is 0. The first-order valence-corrected chi connectivity index (χ1v) is 12.4. The number of thioether (sulfide) groups is 1. The zero-order chi connectivity index (χ0) is 25.2. The highest BCUT2D eigenvalue weighted by Gasteiger charge is 2.54. The van der Waals surface area contributed by atoms with Gasteiger partial charge >= 0.3 is 12.1 Å². The topological polar surface area (TPSA) is 158 Å². The van der Waals surface area contributed by atoms with E-state index in [1.807, 2.05) is 6.92 Å². The number of nitrogens with zero attached hydrogens (tertiary/aromatic N) is 2. The fourth-order valence-corrected chi connectivity index (χ4v) is 5.42. The normalized spacial score (nSPS) is 20.4. The number of carboxylic acids is 1. The number of carbonyl (C=O) groups is 4. The average molecular weight is 511 g/mol. The molecule has 0 aliphatic carbocycles. The van der Waals surface area contributed by atoms with E-state index in [-0.39, 0.29) is 27.7 Å². The second-order valence-corrected chi connectivity index (χ2v) is 10.4. The maximum Gasteiger partial charge on any atom is 0.413 e. The number of allylic oxidation sites excluding steroid dienone is 1. The van der Waals surface area contributed by atoms with Gasteiger partial charge in [0.1, 0.15) is 22.7 Å². The summed E-state index contributed by atoms with van der Waals surface area (Å²) in [5.74, 6) is -2.16. The summed E-state index contributed by atoms with van der Waals surface area (Å²) in [4.78, 5) is 54.7. The van der Waals surface area contributed by atoms with Crippen molar-refractivity contribution in [1.29, 1.82) is 0 Å². The number of anilines is 1. The SMILES string of the molecule is CC/C=C(\C(=O)N[C@@H]1C(=O)N2C(C(=O)O)=C(CO)CS[C@@H]12)c1csc(NC(=O)OC(C)(C)C)n1. The van der Waals surface area contributed by atoms with Gasteiger partial charge in [-0.15, -0.1) is 23.1 Å². The van der Waals surface area contributed by atoms with Gasteiger partial charge in [-0.1, -0.05) is 13.0 Å². The van der Waals surface area contributed by atoms with Crippen LogP contribution in [0.15, 0.2) is 22.7 Å². The number of hydrogen-bond acceptors (Lipinski definition) is 9. The molecule has 2 aliphatic rings. The van der Waals surface area contributed by atoms with E-state index in [1.165, 1.54) is 11.8 Å². The van der Waals surface area contributed by atoms with Gasteiger partial charge in [0, 0.05) is 11.1 Å². The fraction of sp³-hybridized carbons (Fsp3) is 0.476. The molecular formula is C21H26N4O7S2. The quantitative estimate of drug-likeness (QED) is 0.318. The standard InChI is InChI=1S/C21H26N4O7S2/c1-5-6-11(12-9-34-19(22-12)24-20(31)32-21(2,3)4)15(27)23-13-16(28)25-14(18(29)30)10(7-26)8-33-17(13)25/h6,9,13,17,26H,5,7-8H2,1-4H3,(H,23,27)(H,29,30)(H,22,24,31)/b11-6-/t13-,17+/m1/s1. The van der Waals surface area contributed by atoms with E-state index in [1.54, 1.807) is 32.2 Å². The van der Waals surface area contributed by atoms with Crippen LogP contribution in [0.1, 0.15) is 39.8 Å². The van der Waals surface area contributed by atoms with E-state index in [0.717, 1.165) is 16.2 Å². The predicted molar refractivity (Wildman–Crippen MR) is 127 cm³/mol. The van der Waals surface area contributed by atoms with Crippen molar-refractivity contribution in [2.75, 3.05) is 17.7 Å². The first-order chi connectivity index (χ1) is 16.0. The summed E-state index contributed by atoms with van der Waals surface area (Å²) in [6, 6.07) is -0.912. The Hall–Kier alpha value is -2.90. The molecule has 13 heteroatoms. The highest BCUT2D eigenvalue weighted by atomic mass is 32.2. The Labute approximate surface area is 204 Å². The maximum absolute atomic E-state index is 13.0. The highest BCUT2D eigenvalue weighted by Crippen LogP contribution is 2.40. The van der Waals surface area contributed by atoms with Gasteiger partial charge < -0.3 is 20.3 Å². The summed E-state index contributed by atoms with van der Waals surface area (Å²) < 4.78 is 5.20. The molecule has 2 atom stereocenters. The lowest BCUT2D eigenvalue weighted by molar-refractivity contribution is -0.150. The molecule has 11 nitrogen and oxygen atoms in total. The molecule has 3 rings (SSSR count). The number of fused-ring (bicyclic) bond motifs is 1. The third-order valence-electron chi connectivity index (χ3n) is 4.77. The number of aromatic nitrogens is 1. The number of ether oxygens (including phenoxy) is 1. The van der Waals surface area contributed by atoms with E-state index in [0.29, 0.717) is 12.1 Å². The largest absolute Gasteiger partial charge is 0.477 e. The van der Waals surface area contributed by atoms with Crippen LogP contribution in [0, 0.1) is 0 Å². The van der Waals surface area contributed by atoms with Gasteiger partial charge in [-0.25, -0.2) is 14.6 Å². The Morgan fingerprint density at radius 3 is 2.65 bits per heavy atom. The van der Waals surface area contributed by atoms with Crippen LogP contribution in [0.5, 0.6) is 0 Å². The van der Waals surface area contributed by atoms with Gasteiger partial charge in [-0.2, -0.15) is 0 Å². The molecule has 3 amide bonds. The lowest BCUT2D eigenvalue weighted by Gasteiger charge is -2.49. The fourth-order valence-electron chi connectivity index (χ4n) is 3.39. The third-order valence-corrected chi connectivity index (χ3v) is 6.87. The number of hydrogen-bond donors (Lipinski definition) is 4. The minimum absolute atomic E-state index is 0.230. The van der Waals surface area contributed by atoms with Crippen LogP contribution in [0.2, 0.25) is 0 Å². The number of aliphatic hydroxyl groups is 1. The number of thiazole rings is 1. The number of rotatable bonds is 7. The zero-order valence-corrected chi connectivity index (χ0v) is 20.7. The molecule has 1 saturated heterocycles. The summed E-state index contributed by atoms with van der Waals surface area (Å²) in [6.07, 6.45) is 1.50. The molecule has 1 fully saturated rings. The van der Waals surface area contributed by atoms with Gasteiger partial charge in [0.2, 0.25) is 0 Å². The van der Waals surface area contributed by atoms with Crippen LogP contribution in [0.25, 0.3) is 5.57 Å². The molecule has 34 heavy (non-hydrogen) atoms. The van der Waals surface area contributed by atoms with Crippen LogP contribution >= 0.6 is 23.1 Å². The summed E-state index contributed by atoms with van der Waals surface area (Å²) >= 11 is 2.39. The maximum atomic E-state index is 13.0. The van der Waals surface area contributed by atoms with Crippen LogP contribution in [-0.2, 0) is 19.1 Å². The molecule has 1 aromatic heterocycles. The molecular weight excluding hydrogens is 484 g/mol. The number of carbonyl (C=O) groups excluding carboxylic acids is 3. The Kier molecular flexibility index (Phi) is 7.68. The Morgan fingerprint density at radius 1 is 1.35 bits per heavy atom. The molecule has 0 saturated carbocycles. The number of aliphatic hydroxyl groups excluding tert-OH is 1. The minimum Gasteiger partial charge on any atom is -0.477 e. The molecule has 4 N–H and O–H groups in total. The number of amides is 3. The molecule has 1 aromatic rings. The van der Waals surface area contributed by atoms with Gasteiger partial charge in [-0.3, -0.25) is 19.8 Å². The van der Waals surface area contributed by atoms with E-state index < -0.39 is 47.5 Å². The molecule has 0 bridgehead atoms. The van der Waals surface area contributed by atoms with Gasteiger partial charge in [0.15, 0.2) is 5.13 Å². The van der Waals surface area contributed by atoms with Gasteiger partial charge in [0.05, 0.1) is 17.9 Å². The molecule has 2 aliphatic heterocycles. The lowest BCUT2D eigenvalue weighted by Crippen LogP contribution is -2.70. The second kappa shape index (κ2) is 10.2. The molecule has 0 unspecified atom stereocenters. The Bertz CT molecular complexity index is 1070. The van der Waals surface area contributed by atoms with Gasteiger partial charge in [-0.05, 0) is 32.8 Å². The molecule has 0 radical (unpaired) electrons. The highest BCUT2D eigenvalue weighted by molar-refractivity contribution is 8.00. The van der Waals surface area contributed by atoms with E-state index in [2.05, 4.69) is 15.6 Å².